The van der Waals surface area contributed by atoms with E-state index in [1.54, 1.807) is 30.6 Å². The number of nitrogens with zero attached hydrogens (tertiary/aromatic N) is 4. The number of nitrogens with one attached hydrogen (secondary N) is 1. The molecular weight excluding hydrogens is 370 g/mol. The average molecular weight is 391 g/mol. The summed E-state index contributed by atoms with van der Waals surface area (Å²) in [6.45, 7) is 2.77. The van der Waals surface area contributed by atoms with Crippen molar-refractivity contribution in [3.63, 3.8) is 0 Å². The van der Waals surface area contributed by atoms with Crippen LogP contribution >= 0.6 is 0 Å². The first kappa shape index (κ1) is 18.8. The number of benzene rings is 2. The molecule has 3 aromatic rings. The predicted octanol–water partition coefficient (Wildman–Crippen LogP) is 2.09. The molecule has 0 aliphatic carbocycles. The minimum Gasteiger partial charge on any atom is -0.494 e. The third-order valence-corrected chi connectivity index (χ3v) is 4.71. The maximum Gasteiger partial charge on any atom is 0.251 e. The maximum absolute atomic E-state index is 12.8. The van der Waals surface area contributed by atoms with Crippen LogP contribution in [0, 0.1) is 0 Å². The summed E-state index contributed by atoms with van der Waals surface area (Å²) in [5, 5.41) is 11.2. The molecule has 1 saturated heterocycles. The van der Waals surface area contributed by atoms with Crippen LogP contribution in [0.1, 0.15) is 19.2 Å². The second-order valence-electron chi connectivity index (χ2n) is 6.58. The van der Waals surface area contributed by atoms with Crippen molar-refractivity contribution < 1.29 is 14.3 Å². The second kappa shape index (κ2) is 8.24. The molecule has 2 aromatic carbocycles. The molecule has 1 N–H and O–H groups in total. The summed E-state index contributed by atoms with van der Waals surface area (Å²) in [6.07, 6.45) is 1.73. The number of para-hydroxylation sites is 1. The SMILES string of the molecule is CCOc1ccc(N2C(=O)C[C@@H](NCc3nncn3-c3ccccc3)C2=O)cc1. The summed E-state index contributed by atoms with van der Waals surface area (Å²) < 4.78 is 7.26. The van der Waals surface area contributed by atoms with Crippen LogP contribution in [-0.4, -0.2) is 39.2 Å². The van der Waals surface area contributed by atoms with Gasteiger partial charge in [-0.2, -0.15) is 0 Å². The summed E-state index contributed by atoms with van der Waals surface area (Å²) in [5.41, 5.74) is 1.47. The van der Waals surface area contributed by atoms with Gasteiger partial charge < -0.3 is 4.74 Å². The Morgan fingerprint density at radius 1 is 1.07 bits per heavy atom. The Morgan fingerprint density at radius 2 is 1.83 bits per heavy atom. The highest BCUT2D eigenvalue weighted by Gasteiger charge is 2.39. The van der Waals surface area contributed by atoms with E-state index in [0.717, 1.165) is 5.69 Å². The highest BCUT2D eigenvalue weighted by Crippen LogP contribution is 2.25. The highest BCUT2D eigenvalue weighted by atomic mass is 16.5. The molecule has 1 aliphatic heterocycles. The lowest BCUT2D eigenvalue weighted by atomic mass is 10.2. The van der Waals surface area contributed by atoms with E-state index in [0.29, 0.717) is 30.4 Å². The first-order valence-electron chi connectivity index (χ1n) is 9.44. The first-order valence-corrected chi connectivity index (χ1v) is 9.44. The van der Waals surface area contributed by atoms with Gasteiger partial charge in [0.1, 0.15) is 12.1 Å². The zero-order chi connectivity index (χ0) is 20.2. The summed E-state index contributed by atoms with van der Waals surface area (Å²) in [7, 11) is 0. The van der Waals surface area contributed by atoms with Gasteiger partial charge in [-0.25, -0.2) is 4.90 Å². The topological polar surface area (TPSA) is 89.3 Å². The number of carbonyl (C=O) groups excluding carboxylic acids is 2. The molecule has 1 aliphatic rings. The molecule has 8 heteroatoms. The largest absolute Gasteiger partial charge is 0.494 e. The molecule has 1 atom stereocenters. The van der Waals surface area contributed by atoms with E-state index in [9.17, 15) is 9.59 Å². The van der Waals surface area contributed by atoms with E-state index in [1.807, 2.05) is 41.8 Å². The smallest absolute Gasteiger partial charge is 0.251 e. The molecule has 2 amide bonds. The highest BCUT2D eigenvalue weighted by molar-refractivity contribution is 6.22. The van der Waals surface area contributed by atoms with Gasteiger partial charge in [0, 0.05) is 5.69 Å². The molecule has 8 nitrogen and oxygen atoms in total. The van der Waals surface area contributed by atoms with E-state index in [-0.39, 0.29) is 18.2 Å². The monoisotopic (exact) mass is 391 g/mol. The van der Waals surface area contributed by atoms with Crippen molar-refractivity contribution in [1.82, 2.24) is 20.1 Å². The Bertz CT molecular complexity index is 1000. The van der Waals surface area contributed by atoms with Gasteiger partial charge in [-0.1, -0.05) is 18.2 Å². The molecule has 0 radical (unpaired) electrons. The maximum atomic E-state index is 12.8. The quantitative estimate of drug-likeness (QED) is 0.621. The van der Waals surface area contributed by atoms with Crippen LogP contribution in [0.25, 0.3) is 5.69 Å². The molecule has 0 saturated carbocycles. The number of imide groups is 1. The molecule has 148 valence electrons. The summed E-state index contributed by atoms with van der Waals surface area (Å²) in [6, 6.07) is 16.0. The zero-order valence-corrected chi connectivity index (χ0v) is 16.0. The third-order valence-electron chi connectivity index (χ3n) is 4.71. The minimum absolute atomic E-state index is 0.103. The number of carbonyl (C=O) groups is 2. The van der Waals surface area contributed by atoms with Crippen molar-refractivity contribution in [3.8, 4) is 11.4 Å². The van der Waals surface area contributed by atoms with Crippen molar-refractivity contribution in [2.24, 2.45) is 0 Å². The Labute approximate surface area is 168 Å². The summed E-state index contributed by atoms with van der Waals surface area (Å²) >= 11 is 0. The number of hydrogen-bond acceptors (Lipinski definition) is 6. The molecule has 29 heavy (non-hydrogen) atoms. The molecule has 0 spiro atoms. The van der Waals surface area contributed by atoms with Crippen molar-refractivity contribution in [1.29, 1.82) is 0 Å². The van der Waals surface area contributed by atoms with E-state index < -0.39 is 6.04 Å². The van der Waals surface area contributed by atoms with E-state index >= 15 is 0 Å². The Morgan fingerprint density at radius 3 is 2.55 bits per heavy atom. The van der Waals surface area contributed by atoms with Crippen molar-refractivity contribution >= 4 is 17.5 Å². The van der Waals surface area contributed by atoms with Crippen molar-refractivity contribution in [3.05, 3.63) is 66.7 Å². The van der Waals surface area contributed by atoms with Gasteiger partial charge in [0.2, 0.25) is 5.91 Å². The number of ether oxygens (including phenoxy) is 1. The van der Waals surface area contributed by atoms with Gasteiger partial charge in [0.25, 0.3) is 5.91 Å². The second-order valence-corrected chi connectivity index (χ2v) is 6.58. The summed E-state index contributed by atoms with van der Waals surface area (Å²) in [4.78, 5) is 26.5. The van der Waals surface area contributed by atoms with E-state index in [4.69, 9.17) is 4.74 Å². The predicted molar refractivity (Wildman–Crippen MR) is 107 cm³/mol. The van der Waals surface area contributed by atoms with Gasteiger partial charge in [0.15, 0.2) is 5.82 Å². The Kier molecular flexibility index (Phi) is 5.35. The lowest BCUT2D eigenvalue weighted by Crippen LogP contribution is -2.38. The zero-order valence-electron chi connectivity index (χ0n) is 16.0. The van der Waals surface area contributed by atoms with Gasteiger partial charge in [0.05, 0.1) is 31.3 Å². The molecule has 1 aromatic heterocycles. The first-order chi connectivity index (χ1) is 14.2. The van der Waals surface area contributed by atoms with E-state index in [2.05, 4.69) is 15.5 Å². The fraction of sp³-hybridized carbons (Fsp3) is 0.238. The fourth-order valence-corrected chi connectivity index (χ4v) is 3.32. The van der Waals surface area contributed by atoms with Crippen LogP contribution in [0.3, 0.4) is 0 Å². The van der Waals surface area contributed by atoms with Crippen molar-refractivity contribution in [2.45, 2.75) is 25.9 Å². The number of anilines is 1. The average Bonchev–Trinajstić information content (AvgIpc) is 3.32. The van der Waals surface area contributed by atoms with Crippen LogP contribution in [-0.2, 0) is 16.1 Å². The lowest BCUT2D eigenvalue weighted by Gasteiger charge is -2.16. The Hall–Kier alpha value is -3.52. The number of amides is 2. The third kappa shape index (κ3) is 3.88. The number of aromatic nitrogens is 3. The molecule has 1 fully saturated rings. The van der Waals surface area contributed by atoms with Crippen LogP contribution in [0.5, 0.6) is 5.75 Å². The standard InChI is InChI=1S/C21H21N5O3/c1-2-29-17-10-8-16(9-11-17)26-20(27)12-18(21(26)28)22-13-19-24-23-14-25(19)15-6-4-3-5-7-15/h3-11,14,18,22H,2,12-13H2,1H3/t18-/m1/s1. The Balaban J connectivity index is 1.44. The van der Waals surface area contributed by atoms with Gasteiger partial charge in [-0.05, 0) is 43.3 Å². The molecule has 0 unspecified atom stereocenters. The normalized spacial score (nSPS) is 16.4. The van der Waals surface area contributed by atoms with Crippen LogP contribution < -0.4 is 15.0 Å². The van der Waals surface area contributed by atoms with Gasteiger partial charge in [-0.15, -0.1) is 10.2 Å². The summed E-state index contributed by atoms with van der Waals surface area (Å²) in [5.74, 6) is 0.854. The molecule has 2 heterocycles. The number of hydrogen-bond donors (Lipinski definition) is 1. The molecular formula is C21H21N5O3. The van der Waals surface area contributed by atoms with Gasteiger partial charge >= 0.3 is 0 Å². The van der Waals surface area contributed by atoms with E-state index in [1.165, 1.54) is 4.90 Å². The van der Waals surface area contributed by atoms with Crippen LogP contribution in [0.2, 0.25) is 0 Å². The molecule has 0 bridgehead atoms. The minimum atomic E-state index is -0.602. The van der Waals surface area contributed by atoms with Crippen LogP contribution in [0.15, 0.2) is 60.9 Å². The lowest BCUT2D eigenvalue weighted by molar-refractivity contribution is -0.121. The van der Waals surface area contributed by atoms with Crippen molar-refractivity contribution in [2.75, 3.05) is 11.5 Å². The number of rotatable bonds is 7. The van der Waals surface area contributed by atoms with Crippen LogP contribution in [0.4, 0.5) is 5.69 Å². The fourth-order valence-electron chi connectivity index (χ4n) is 3.32. The molecule has 4 rings (SSSR count). The van der Waals surface area contributed by atoms with Gasteiger partial charge in [-0.3, -0.25) is 19.5 Å².